The molecule has 1 N–H and O–H groups in total. The summed E-state index contributed by atoms with van der Waals surface area (Å²) in [5.41, 5.74) is 1.88. The van der Waals surface area contributed by atoms with E-state index in [1.807, 2.05) is 30.3 Å². The van der Waals surface area contributed by atoms with Gasteiger partial charge in [-0.2, -0.15) is 0 Å². The minimum atomic E-state index is -0.278. The summed E-state index contributed by atoms with van der Waals surface area (Å²) in [6.07, 6.45) is 4.77. The summed E-state index contributed by atoms with van der Waals surface area (Å²) in [7, 11) is 0. The van der Waals surface area contributed by atoms with Crippen molar-refractivity contribution in [1.29, 1.82) is 0 Å². The first-order valence-electron chi connectivity index (χ1n) is 7.18. The van der Waals surface area contributed by atoms with E-state index < -0.39 is 0 Å². The fourth-order valence-electron chi connectivity index (χ4n) is 2.21. The van der Waals surface area contributed by atoms with Gasteiger partial charge in [0.15, 0.2) is 0 Å². The van der Waals surface area contributed by atoms with Crippen LogP contribution in [0.5, 0.6) is 0 Å². The van der Waals surface area contributed by atoms with Crippen molar-refractivity contribution in [2.24, 2.45) is 0 Å². The van der Waals surface area contributed by atoms with Crippen LogP contribution in [0, 0.1) is 0 Å². The van der Waals surface area contributed by atoms with Gasteiger partial charge in [-0.3, -0.25) is 14.6 Å². The molecule has 3 aromatic rings. The van der Waals surface area contributed by atoms with E-state index in [1.165, 1.54) is 16.7 Å². The van der Waals surface area contributed by atoms with Gasteiger partial charge >= 0.3 is 0 Å². The number of anilines is 1. The molecule has 0 saturated heterocycles. The molecule has 0 aliphatic heterocycles. The highest BCUT2D eigenvalue weighted by Gasteiger charge is 2.08. The standard InChI is InChI=1S/C18H15N3O2/c22-17-9-8-15(18(23)20-16-7-4-10-19-11-16)13-21(17)12-14-5-2-1-3-6-14/h1-11,13H,12H2,(H,20,23). The Hall–Kier alpha value is -3.21. The first-order chi connectivity index (χ1) is 11.2. The molecule has 1 amide bonds. The lowest BCUT2D eigenvalue weighted by molar-refractivity contribution is 0.102. The molecule has 5 nitrogen and oxygen atoms in total. The van der Waals surface area contributed by atoms with Crippen LogP contribution in [0.2, 0.25) is 0 Å². The molecule has 1 aromatic carbocycles. The van der Waals surface area contributed by atoms with Gasteiger partial charge in [-0.05, 0) is 23.8 Å². The average Bonchev–Trinajstić information content (AvgIpc) is 2.58. The number of carbonyl (C=O) groups excluding carboxylic acids is 1. The summed E-state index contributed by atoms with van der Waals surface area (Å²) < 4.78 is 1.52. The molecule has 5 heteroatoms. The van der Waals surface area contributed by atoms with E-state index in [2.05, 4.69) is 10.3 Å². The molecule has 114 valence electrons. The van der Waals surface area contributed by atoms with E-state index in [-0.39, 0.29) is 11.5 Å². The SMILES string of the molecule is O=C(Nc1cccnc1)c1ccc(=O)n(Cc2ccccc2)c1. The average molecular weight is 305 g/mol. The molecule has 0 bridgehead atoms. The molecule has 0 aliphatic carbocycles. The third-order valence-electron chi connectivity index (χ3n) is 3.36. The van der Waals surface area contributed by atoms with Crippen molar-refractivity contribution in [3.63, 3.8) is 0 Å². The van der Waals surface area contributed by atoms with Crippen molar-refractivity contribution in [1.82, 2.24) is 9.55 Å². The van der Waals surface area contributed by atoms with Crippen LogP contribution in [0.1, 0.15) is 15.9 Å². The summed E-state index contributed by atoms with van der Waals surface area (Å²) in [6.45, 7) is 0.424. The van der Waals surface area contributed by atoms with Crippen LogP contribution in [0.3, 0.4) is 0 Å². The Bertz CT molecular complexity index is 858. The first-order valence-corrected chi connectivity index (χ1v) is 7.18. The number of hydrogen-bond donors (Lipinski definition) is 1. The summed E-state index contributed by atoms with van der Waals surface area (Å²) in [4.78, 5) is 28.2. The van der Waals surface area contributed by atoms with Crippen LogP contribution >= 0.6 is 0 Å². The van der Waals surface area contributed by atoms with Crippen LogP contribution in [-0.2, 0) is 6.54 Å². The number of benzene rings is 1. The molecule has 0 spiro atoms. The van der Waals surface area contributed by atoms with Gasteiger partial charge < -0.3 is 9.88 Å². The molecule has 0 unspecified atom stereocenters. The van der Waals surface area contributed by atoms with Gasteiger partial charge in [-0.1, -0.05) is 30.3 Å². The number of pyridine rings is 2. The van der Waals surface area contributed by atoms with Gasteiger partial charge in [-0.25, -0.2) is 0 Å². The van der Waals surface area contributed by atoms with Crippen LogP contribution < -0.4 is 10.9 Å². The smallest absolute Gasteiger partial charge is 0.257 e. The van der Waals surface area contributed by atoms with Crippen molar-refractivity contribution in [2.45, 2.75) is 6.54 Å². The highest BCUT2D eigenvalue weighted by atomic mass is 16.2. The molecule has 2 heterocycles. The number of rotatable bonds is 4. The number of aromatic nitrogens is 2. The second-order valence-electron chi connectivity index (χ2n) is 5.07. The van der Waals surface area contributed by atoms with Crippen molar-refractivity contribution in [3.8, 4) is 0 Å². The second kappa shape index (κ2) is 6.70. The minimum Gasteiger partial charge on any atom is -0.321 e. The maximum absolute atomic E-state index is 12.3. The van der Waals surface area contributed by atoms with Crippen LogP contribution in [0.25, 0.3) is 0 Å². The zero-order valence-corrected chi connectivity index (χ0v) is 12.3. The molecular weight excluding hydrogens is 290 g/mol. The fourth-order valence-corrected chi connectivity index (χ4v) is 2.21. The first kappa shape index (κ1) is 14.7. The topological polar surface area (TPSA) is 64.0 Å². The Morgan fingerprint density at radius 1 is 1.04 bits per heavy atom. The van der Waals surface area contributed by atoms with E-state index in [4.69, 9.17) is 0 Å². The van der Waals surface area contributed by atoms with E-state index >= 15 is 0 Å². The Morgan fingerprint density at radius 2 is 1.87 bits per heavy atom. The van der Waals surface area contributed by atoms with E-state index in [1.54, 1.807) is 30.7 Å². The van der Waals surface area contributed by atoms with Gasteiger partial charge in [-0.15, -0.1) is 0 Å². The number of carbonyl (C=O) groups is 1. The van der Waals surface area contributed by atoms with E-state index in [0.717, 1.165) is 5.56 Å². The quantitative estimate of drug-likeness (QED) is 0.805. The maximum atomic E-state index is 12.3. The minimum absolute atomic E-state index is 0.146. The summed E-state index contributed by atoms with van der Waals surface area (Å²) >= 11 is 0. The van der Waals surface area contributed by atoms with Gasteiger partial charge in [0.25, 0.3) is 11.5 Å². The zero-order valence-electron chi connectivity index (χ0n) is 12.3. The number of nitrogens with one attached hydrogen (secondary N) is 1. The Balaban J connectivity index is 1.82. The summed E-state index contributed by atoms with van der Waals surface area (Å²) in [6, 6.07) is 16.1. The normalized spacial score (nSPS) is 10.3. The molecule has 3 rings (SSSR count). The Kier molecular flexibility index (Phi) is 4.29. The zero-order chi connectivity index (χ0) is 16.1. The van der Waals surface area contributed by atoms with Crippen molar-refractivity contribution in [3.05, 3.63) is 94.7 Å². The van der Waals surface area contributed by atoms with Crippen molar-refractivity contribution >= 4 is 11.6 Å². The van der Waals surface area contributed by atoms with Crippen LogP contribution in [0.4, 0.5) is 5.69 Å². The predicted octanol–water partition coefficient (Wildman–Crippen LogP) is 2.54. The van der Waals surface area contributed by atoms with Crippen LogP contribution in [0.15, 0.2) is 78.0 Å². The highest BCUT2D eigenvalue weighted by Crippen LogP contribution is 2.07. The van der Waals surface area contributed by atoms with Crippen molar-refractivity contribution < 1.29 is 4.79 Å². The van der Waals surface area contributed by atoms with E-state index in [0.29, 0.717) is 17.8 Å². The predicted molar refractivity (Wildman–Crippen MR) is 88.4 cm³/mol. The molecule has 0 atom stereocenters. The molecular formula is C18H15N3O2. The largest absolute Gasteiger partial charge is 0.321 e. The van der Waals surface area contributed by atoms with Crippen molar-refractivity contribution in [2.75, 3.05) is 5.32 Å². The number of amides is 1. The molecule has 0 fully saturated rings. The second-order valence-corrected chi connectivity index (χ2v) is 5.07. The van der Waals surface area contributed by atoms with E-state index in [9.17, 15) is 9.59 Å². The Labute approximate surface area is 133 Å². The van der Waals surface area contributed by atoms with Gasteiger partial charge in [0, 0.05) is 18.5 Å². The lowest BCUT2D eigenvalue weighted by atomic mass is 10.2. The molecule has 2 aromatic heterocycles. The lowest BCUT2D eigenvalue weighted by Crippen LogP contribution is -2.22. The molecule has 0 saturated carbocycles. The highest BCUT2D eigenvalue weighted by molar-refractivity contribution is 6.03. The van der Waals surface area contributed by atoms with Gasteiger partial charge in [0.1, 0.15) is 0 Å². The third-order valence-corrected chi connectivity index (χ3v) is 3.36. The number of nitrogens with zero attached hydrogens (tertiary/aromatic N) is 2. The maximum Gasteiger partial charge on any atom is 0.257 e. The molecule has 0 radical (unpaired) electrons. The van der Waals surface area contributed by atoms with Crippen LogP contribution in [-0.4, -0.2) is 15.5 Å². The summed E-state index contributed by atoms with van der Waals surface area (Å²) in [5, 5.41) is 2.75. The Morgan fingerprint density at radius 3 is 2.61 bits per heavy atom. The number of hydrogen-bond acceptors (Lipinski definition) is 3. The van der Waals surface area contributed by atoms with Gasteiger partial charge in [0.05, 0.1) is 24.0 Å². The summed E-state index contributed by atoms with van der Waals surface area (Å²) in [5.74, 6) is -0.278. The van der Waals surface area contributed by atoms with Gasteiger partial charge in [0.2, 0.25) is 0 Å². The fraction of sp³-hybridized carbons (Fsp3) is 0.0556. The third kappa shape index (κ3) is 3.71. The lowest BCUT2D eigenvalue weighted by Gasteiger charge is -2.09. The molecule has 23 heavy (non-hydrogen) atoms. The monoisotopic (exact) mass is 305 g/mol. The molecule has 0 aliphatic rings.